The molecule has 26 heavy (non-hydrogen) atoms. The lowest BCUT2D eigenvalue weighted by Crippen LogP contribution is -2.38. The fourth-order valence-electron chi connectivity index (χ4n) is 2.12. The van der Waals surface area contributed by atoms with Gasteiger partial charge < -0.3 is 24.8 Å². The molecule has 0 saturated carbocycles. The summed E-state index contributed by atoms with van der Waals surface area (Å²) in [4.78, 5) is 4.44. The Morgan fingerprint density at radius 2 is 2.00 bits per heavy atom. The summed E-state index contributed by atoms with van der Waals surface area (Å²) in [5.41, 5.74) is 0.968. The van der Waals surface area contributed by atoms with Crippen molar-refractivity contribution in [2.75, 3.05) is 33.1 Å². The number of nitrogens with one attached hydrogen (secondary N) is 2. The lowest BCUT2D eigenvalue weighted by molar-refractivity contribution is -0.173. The smallest absolute Gasteiger partial charge is 0.411 e. The summed E-state index contributed by atoms with van der Waals surface area (Å²) in [5.74, 6) is 2.01. The average Bonchev–Trinajstić information content (AvgIpc) is 3.02. The Morgan fingerprint density at radius 3 is 2.73 bits per heavy atom. The van der Waals surface area contributed by atoms with Crippen LogP contribution in [0.5, 0.6) is 11.5 Å². The molecule has 0 radical (unpaired) electrons. The lowest BCUT2D eigenvalue weighted by atomic mass is 10.2. The maximum atomic E-state index is 12.0. The summed E-state index contributed by atoms with van der Waals surface area (Å²) < 4.78 is 51.0. The summed E-state index contributed by atoms with van der Waals surface area (Å²) in [6.07, 6.45) is -3.83. The van der Waals surface area contributed by atoms with Crippen LogP contribution in [0.1, 0.15) is 18.9 Å². The van der Waals surface area contributed by atoms with Crippen molar-refractivity contribution in [2.24, 2.45) is 4.99 Å². The third-order valence-electron chi connectivity index (χ3n) is 3.22. The molecule has 2 rings (SSSR count). The molecule has 0 fully saturated rings. The van der Waals surface area contributed by atoms with Gasteiger partial charge in [-0.3, -0.25) is 0 Å². The molecule has 0 unspecified atom stereocenters. The van der Waals surface area contributed by atoms with E-state index in [-0.39, 0.29) is 37.4 Å². The van der Waals surface area contributed by atoms with E-state index in [9.17, 15) is 13.2 Å². The number of hydrogen-bond acceptors (Lipinski definition) is 4. The first-order chi connectivity index (χ1) is 12.0. The minimum absolute atomic E-state index is 0. The molecule has 10 heteroatoms. The first-order valence-electron chi connectivity index (χ1n) is 8.03. The molecular weight excluding hydrogens is 466 g/mol. The van der Waals surface area contributed by atoms with Crippen LogP contribution in [-0.2, 0) is 11.3 Å². The van der Waals surface area contributed by atoms with E-state index in [1.54, 1.807) is 0 Å². The van der Waals surface area contributed by atoms with E-state index in [4.69, 9.17) is 9.47 Å². The molecule has 1 aliphatic rings. The highest BCUT2D eigenvalue weighted by Gasteiger charge is 2.27. The van der Waals surface area contributed by atoms with Crippen molar-refractivity contribution in [1.29, 1.82) is 0 Å². The molecule has 0 atom stereocenters. The number of aliphatic imine (C=N–C) groups is 1. The highest BCUT2D eigenvalue weighted by molar-refractivity contribution is 14.0. The van der Waals surface area contributed by atoms with Gasteiger partial charge >= 0.3 is 6.18 Å². The third kappa shape index (κ3) is 8.30. The second-order valence-corrected chi connectivity index (χ2v) is 5.33. The number of ether oxygens (including phenoxy) is 3. The van der Waals surface area contributed by atoms with Crippen LogP contribution in [-0.4, -0.2) is 45.2 Å². The van der Waals surface area contributed by atoms with Crippen LogP contribution in [0.15, 0.2) is 23.2 Å². The van der Waals surface area contributed by atoms with Gasteiger partial charge in [-0.15, -0.1) is 24.0 Å². The summed E-state index contributed by atoms with van der Waals surface area (Å²) >= 11 is 0. The zero-order valence-electron chi connectivity index (χ0n) is 14.4. The van der Waals surface area contributed by atoms with Crippen molar-refractivity contribution < 1.29 is 27.4 Å². The van der Waals surface area contributed by atoms with Crippen LogP contribution < -0.4 is 20.1 Å². The van der Waals surface area contributed by atoms with E-state index >= 15 is 0 Å². The molecule has 1 aromatic rings. The van der Waals surface area contributed by atoms with Gasteiger partial charge in [-0.25, -0.2) is 4.99 Å². The number of alkyl halides is 3. The van der Waals surface area contributed by atoms with Crippen LogP contribution >= 0.6 is 24.0 Å². The fraction of sp³-hybridized carbons (Fsp3) is 0.562. The van der Waals surface area contributed by atoms with E-state index in [1.165, 1.54) is 0 Å². The summed E-state index contributed by atoms with van der Waals surface area (Å²) in [5, 5.41) is 6.15. The van der Waals surface area contributed by atoms with E-state index in [0.29, 0.717) is 37.8 Å². The maximum absolute atomic E-state index is 12.0. The molecule has 1 heterocycles. The predicted octanol–water partition coefficient (Wildman–Crippen LogP) is 3.06. The quantitative estimate of drug-likeness (QED) is 0.255. The summed E-state index contributed by atoms with van der Waals surface area (Å²) in [7, 11) is 0. The number of fused-ring (bicyclic) bond motifs is 1. The van der Waals surface area contributed by atoms with Crippen molar-refractivity contribution in [1.82, 2.24) is 10.6 Å². The molecule has 6 nitrogen and oxygen atoms in total. The molecule has 0 spiro atoms. The second kappa shape index (κ2) is 11.3. The van der Waals surface area contributed by atoms with E-state index in [0.717, 1.165) is 11.3 Å². The highest BCUT2D eigenvalue weighted by atomic mass is 127. The number of hydrogen-bond donors (Lipinski definition) is 2. The largest absolute Gasteiger partial charge is 0.454 e. The van der Waals surface area contributed by atoms with E-state index in [1.807, 2.05) is 25.1 Å². The number of nitrogens with zero attached hydrogens (tertiary/aromatic N) is 1. The Hall–Kier alpha value is -1.43. The first-order valence-corrected chi connectivity index (χ1v) is 8.03. The second-order valence-electron chi connectivity index (χ2n) is 5.33. The Labute approximate surface area is 167 Å². The zero-order valence-corrected chi connectivity index (χ0v) is 16.7. The average molecular weight is 489 g/mol. The lowest BCUT2D eigenvalue weighted by Gasteiger charge is -2.12. The van der Waals surface area contributed by atoms with Gasteiger partial charge in [-0.1, -0.05) is 6.07 Å². The monoisotopic (exact) mass is 489 g/mol. The van der Waals surface area contributed by atoms with Crippen molar-refractivity contribution in [3.63, 3.8) is 0 Å². The predicted molar refractivity (Wildman–Crippen MR) is 102 cm³/mol. The van der Waals surface area contributed by atoms with Gasteiger partial charge in [0.1, 0.15) is 6.61 Å². The van der Waals surface area contributed by atoms with Crippen molar-refractivity contribution in [3.8, 4) is 11.5 Å². The molecule has 0 amide bonds. The van der Waals surface area contributed by atoms with Crippen molar-refractivity contribution in [2.45, 2.75) is 26.1 Å². The number of rotatable bonds is 8. The van der Waals surface area contributed by atoms with Crippen molar-refractivity contribution >= 4 is 29.9 Å². The van der Waals surface area contributed by atoms with Gasteiger partial charge in [-0.05, 0) is 31.0 Å². The minimum Gasteiger partial charge on any atom is -0.454 e. The summed E-state index contributed by atoms with van der Waals surface area (Å²) in [6, 6.07) is 5.62. The topological polar surface area (TPSA) is 64.1 Å². The normalized spacial score (nSPS) is 13.3. The molecule has 0 saturated heterocycles. The van der Waals surface area contributed by atoms with Gasteiger partial charge in [0, 0.05) is 19.7 Å². The van der Waals surface area contributed by atoms with Crippen LogP contribution in [0.25, 0.3) is 0 Å². The minimum atomic E-state index is -4.28. The molecule has 0 bridgehead atoms. The third-order valence-corrected chi connectivity index (χ3v) is 3.22. The maximum Gasteiger partial charge on any atom is 0.411 e. The molecule has 0 aliphatic carbocycles. The fourth-order valence-corrected chi connectivity index (χ4v) is 2.12. The van der Waals surface area contributed by atoms with Crippen LogP contribution in [0.2, 0.25) is 0 Å². The van der Waals surface area contributed by atoms with Gasteiger partial charge in [0.05, 0.1) is 6.54 Å². The van der Waals surface area contributed by atoms with Crippen LogP contribution in [0.3, 0.4) is 0 Å². The van der Waals surface area contributed by atoms with E-state index in [2.05, 4.69) is 20.4 Å². The molecule has 1 aromatic carbocycles. The standard InChI is InChI=1S/C16H22F3N3O3.HI/c1-2-20-15(21-6-3-7-23-10-16(17,18)19)22-9-12-4-5-13-14(8-12)25-11-24-13;/h4-5,8H,2-3,6-7,9-11H2,1H3,(H2,20,21,22);1H. The van der Waals surface area contributed by atoms with Gasteiger partial charge in [0.25, 0.3) is 0 Å². The summed E-state index contributed by atoms with van der Waals surface area (Å²) in [6.45, 7) is 2.56. The molecule has 148 valence electrons. The Kier molecular flexibility index (Phi) is 9.84. The SMILES string of the molecule is CCNC(=NCc1ccc2c(c1)OCO2)NCCCOCC(F)(F)F.I. The zero-order chi connectivity index (χ0) is 18.1. The van der Waals surface area contributed by atoms with Gasteiger partial charge in [0.2, 0.25) is 6.79 Å². The van der Waals surface area contributed by atoms with Gasteiger partial charge in [-0.2, -0.15) is 13.2 Å². The molecule has 1 aliphatic heterocycles. The van der Waals surface area contributed by atoms with E-state index < -0.39 is 12.8 Å². The molecular formula is C16H23F3IN3O3. The number of guanidine groups is 1. The van der Waals surface area contributed by atoms with Crippen molar-refractivity contribution in [3.05, 3.63) is 23.8 Å². The van der Waals surface area contributed by atoms with Crippen LogP contribution in [0, 0.1) is 0 Å². The van der Waals surface area contributed by atoms with Crippen LogP contribution in [0.4, 0.5) is 13.2 Å². The molecule has 0 aromatic heterocycles. The first kappa shape index (κ1) is 22.6. The molecule has 2 N–H and O–H groups in total. The number of halogens is 4. The Bertz CT molecular complexity index is 586. The number of benzene rings is 1. The highest BCUT2D eigenvalue weighted by Crippen LogP contribution is 2.32. The Morgan fingerprint density at radius 1 is 1.23 bits per heavy atom. The van der Waals surface area contributed by atoms with Gasteiger partial charge in [0.15, 0.2) is 17.5 Å². The Balaban J connectivity index is 0.00000338.